The zero-order valence-electron chi connectivity index (χ0n) is 15.3. The number of benzene rings is 1. The van der Waals surface area contributed by atoms with Crippen LogP contribution in [0, 0.1) is 17.3 Å². The van der Waals surface area contributed by atoms with E-state index in [0.717, 1.165) is 16.9 Å². The average molecular weight is 343 g/mol. The molecule has 134 valence electrons. The average Bonchev–Trinajstić information content (AvgIpc) is 2.92. The molecule has 1 saturated carbocycles. The van der Waals surface area contributed by atoms with Gasteiger partial charge in [0.05, 0.1) is 28.9 Å². The zero-order chi connectivity index (χ0) is 18.5. The van der Waals surface area contributed by atoms with Crippen molar-refractivity contribution in [2.24, 2.45) is 17.3 Å². The first kappa shape index (κ1) is 17.5. The third kappa shape index (κ3) is 2.79. The SMILES string of the molecule is CC(NC(=O)[C@@H]1[C@H](C(=O)O)C1(C)C)c1nc2ccccc2n1C(C)C. The lowest BCUT2D eigenvalue weighted by Gasteiger charge is -2.19. The van der Waals surface area contributed by atoms with E-state index in [4.69, 9.17) is 0 Å². The summed E-state index contributed by atoms with van der Waals surface area (Å²) < 4.78 is 2.12. The second-order valence-corrected chi connectivity index (χ2v) is 7.77. The quantitative estimate of drug-likeness (QED) is 0.873. The molecule has 3 rings (SSSR count). The second-order valence-electron chi connectivity index (χ2n) is 7.77. The minimum absolute atomic E-state index is 0.200. The fraction of sp³-hybridized carbons (Fsp3) is 0.526. The third-order valence-corrected chi connectivity index (χ3v) is 5.26. The molecule has 0 radical (unpaired) electrons. The van der Waals surface area contributed by atoms with Crippen LogP contribution >= 0.6 is 0 Å². The Labute approximate surface area is 147 Å². The summed E-state index contributed by atoms with van der Waals surface area (Å²) >= 11 is 0. The molecule has 1 amide bonds. The first-order valence-electron chi connectivity index (χ1n) is 8.66. The highest BCUT2D eigenvalue weighted by Gasteiger charge is 2.66. The molecule has 0 spiro atoms. The summed E-state index contributed by atoms with van der Waals surface area (Å²) in [5.74, 6) is -1.46. The lowest BCUT2D eigenvalue weighted by Crippen LogP contribution is -2.31. The first-order valence-corrected chi connectivity index (χ1v) is 8.66. The maximum absolute atomic E-state index is 12.6. The van der Waals surface area contributed by atoms with Gasteiger partial charge in [0.1, 0.15) is 5.82 Å². The summed E-state index contributed by atoms with van der Waals surface area (Å²) in [5.41, 5.74) is 1.42. The smallest absolute Gasteiger partial charge is 0.307 e. The van der Waals surface area contributed by atoms with Crippen molar-refractivity contribution in [3.05, 3.63) is 30.1 Å². The van der Waals surface area contributed by atoms with Crippen molar-refractivity contribution < 1.29 is 14.7 Å². The van der Waals surface area contributed by atoms with Gasteiger partial charge in [0.25, 0.3) is 0 Å². The number of nitrogens with one attached hydrogen (secondary N) is 1. The van der Waals surface area contributed by atoms with Crippen molar-refractivity contribution >= 4 is 22.9 Å². The van der Waals surface area contributed by atoms with E-state index in [0.29, 0.717) is 0 Å². The maximum Gasteiger partial charge on any atom is 0.307 e. The molecule has 1 fully saturated rings. The van der Waals surface area contributed by atoms with Gasteiger partial charge < -0.3 is 15.0 Å². The minimum atomic E-state index is -0.910. The Bertz CT molecular complexity index is 838. The van der Waals surface area contributed by atoms with Crippen LogP contribution in [-0.4, -0.2) is 26.5 Å². The first-order chi connectivity index (χ1) is 11.7. The molecule has 6 heteroatoms. The Morgan fingerprint density at radius 1 is 1.20 bits per heavy atom. The molecule has 6 nitrogen and oxygen atoms in total. The van der Waals surface area contributed by atoms with Gasteiger partial charge in [-0.25, -0.2) is 4.98 Å². The van der Waals surface area contributed by atoms with Crippen LogP contribution in [0.1, 0.15) is 52.5 Å². The number of imidazole rings is 1. The van der Waals surface area contributed by atoms with Crippen molar-refractivity contribution in [2.75, 3.05) is 0 Å². The maximum atomic E-state index is 12.6. The molecule has 1 unspecified atom stereocenters. The standard InChI is InChI=1S/C19H25N3O3/c1-10(2)22-13-9-7-6-8-12(13)21-16(22)11(3)20-17(23)14-15(18(24)25)19(14,4)5/h6-11,14-15H,1-5H3,(H,20,23)(H,24,25)/t11?,14-,15+/m0/s1. The molecule has 2 aromatic rings. The number of hydrogen-bond acceptors (Lipinski definition) is 3. The molecule has 1 heterocycles. The number of hydrogen-bond donors (Lipinski definition) is 2. The molecule has 0 saturated heterocycles. The summed E-state index contributed by atoms with van der Waals surface area (Å²) in [6, 6.07) is 7.79. The number of para-hydroxylation sites is 2. The van der Waals surface area contributed by atoms with Crippen LogP contribution in [-0.2, 0) is 9.59 Å². The van der Waals surface area contributed by atoms with Crippen LogP contribution in [0.25, 0.3) is 11.0 Å². The molecule has 3 atom stereocenters. The Kier molecular flexibility index (Phi) is 4.09. The minimum Gasteiger partial charge on any atom is -0.481 e. The molecule has 1 aliphatic rings. The zero-order valence-corrected chi connectivity index (χ0v) is 15.3. The lowest BCUT2D eigenvalue weighted by atomic mass is 10.1. The van der Waals surface area contributed by atoms with Crippen LogP contribution in [0.3, 0.4) is 0 Å². The number of rotatable bonds is 5. The van der Waals surface area contributed by atoms with Gasteiger partial charge in [-0.2, -0.15) is 0 Å². The summed E-state index contributed by atoms with van der Waals surface area (Å²) in [6.45, 7) is 9.70. The van der Waals surface area contributed by atoms with E-state index in [1.807, 2.05) is 45.0 Å². The van der Waals surface area contributed by atoms with Crippen LogP contribution in [0.4, 0.5) is 0 Å². The number of carboxylic acids is 1. The Hall–Kier alpha value is -2.37. The van der Waals surface area contributed by atoms with Crippen molar-refractivity contribution in [1.82, 2.24) is 14.9 Å². The summed E-state index contributed by atoms with van der Waals surface area (Å²) in [5, 5.41) is 12.2. The normalized spacial score (nSPS) is 22.8. The lowest BCUT2D eigenvalue weighted by molar-refractivity contribution is -0.140. The number of amides is 1. The topological polar surface area (TPSA) is 84.2 Å². The summed E-state index contributed by atoms with van der Waals surface area (Å²) in [4.78, 5) is 28.6. The van der Waals surface area contributed by atoms with E-state index in [2.05, 4.69) is 28.7 Å². The highest BCUT2D eigenvalue weighted by molar-refractivity contribution is 5.91. The number of carbonyl (C=O) groups is 2. The van der Waals surface area contributed by atoms with E-state index in [-0.39, 0.29) is 18.0 Å². The van der Waals surface area contributed by atoms with Gasteiger partial charge in [-0.3, -0.25) is 9.59 Å². The molecule has 1 aromatic heterocycles. The van der Waals surface area contributed by atoms with E-state index in [1.54, 1.807) is 0 Å². The molecule has 2 N–H and O–H groups in total. The number of carbonyl (C=O) groups excluding carboxylic acids is 1. The fourth-order valence-electron chi connectivity index (χ4n) is 3.87. The van der Waals surface area contributed by atoms with Gasteiger partial charge in [-0.05, 0) is 38.3 Å². The van der Waals surface area contributed by atoms with Crippen molar-refractivity contribution in [3.63, 3.8) is 0 Å². The Morgan fingerprint density at radius 3 is 2.40 bits per heavy atom. The number of aromatic nitrogens is 2. The van der Waals surface area contributed by atoms with E-state index in [9.17, 15) is 14.7 Å². The Balaban J connectivity index is 1.86. The van der Waals surface area contributed by atoms with Crippen LogP contribution in [0.15, 0.2) is 24.3 Å². The van der Waals surface area contributed by atoms with E-state index >= 15 is 0 Å². The summed E-state index contributed by atoms with van der Waals surface area (Å²) in [7, 11) is 0. The van der Waals surface area contributed by atoms with Gasteiger partial charge in [-0.15, -0.1) is 0 Å². The number of carboxylic acid groups (broad SMARTS) is 1. The van der Waals surface area contributed by atoms with Gasteiger partial charge in [0.2, 0.25) is 5.91 Å². The number of aliphatic carboxylic acids is 1. The molecule has 25 heavy (non-hydrogen) atoms. The summed E-state index contributed by atoms with van der Waals surface area (Å²) in [6.07, 6.45) is 0. The van der Waals surface area contributed by atoms with Gasteiger partial charge in [0, 0.05) is 6.04 Å². The second kappa shape index (κ2) is 5.86. The van der Waals surface area contributed by atoms with Crippen LogP contribution < -0.4 is 5.32 Å². The molecule has 1 aliphatic carbocycles. The van der Waals surface area contributed by atoms with E-state index in [1.165, 1.54) is 0 Å². The highest BCUT2D eigenvalue weighted by Crippen LogP contribution is 2.58. The number of fused-ring (bicyclic) bond motifs is 1. The van der Waals surface area contributed by atoms with Gasteiger partial charge in [0.15, 0.2) is 0 Å². The highest BCUT2D eigenvalue weighted by atomic mass is 16.4. The predicted octanol–water partition coefficient (Wildman–Crippen LogP) is 3.15. The molecule has 0 aliphatic heterocycles. The van der Waals surface area contributed by atoms with Crippen LogP contribution in [0.5, 0.6) is 0 Å². The number of nitrogens with zero attached hydrogens (tertiary/aromatic N) is 2. The predicted molar refractivity (Wildman–Crippen MR) is 95.1 cm³/mol. The third-order valence-electron chi connectivity index (χ3n) is 5.26. The molecular weight excluding hydrogens is 318 g/mol. The van der Waals surface area contributed by atoms with Crippen LogP contribution in [0.2, 0.25) is 0 Å². The molecule has 1 aromatic carbocycles. The molecular formula is C19H25N3O3. The van der Waals surface area contributed by atoms with E-state index < -0.39 is 23.2 Å². The van der Waals surface area contributed by atoms with Gasteiger partial charge >= 0.3 is 5.97 Å². The van der Waals surface area contributed by atoms with Crippen molar-refractivity contribution in [3.8, 4) is 0 Å². The van der Waals surface area contributed by atoms with Gasteiger partial charge in [-0.1, -0.05) is 26.0 Å². The van der Waals surface area contributed by atoms with Crippen molar-refractivity contribution in [2.45, 2.75) is 46.7 Å². The monoisotopic (exact) mass is 343 g/mol. The Morgan fingerprint density at radius 2 is 1.84 bits per heavy atom. The molecule has 0 bridgehead atoms. The largest absolute Gasteiger partial charge is 0.481 e. The fourth-order valence-corrected chi connectivity index (χ4v) is 3.87. The van der Waals surface area contributed by atoms with Crippen molar-refractivity contribution in [1.29, 1.82) is 0 Å².